The zero-order chi connectivity index (χ0) is 20.7. The molecule has 2 aliphatic carbocycles. The van der Waals surface area contributed by atoms with Gasteiger partial charge in [0, 0.05) is 12.6 Å². The molecule has 0 atom stereocenters. The summed E-state index contributed by atoms with van der Waals surface area (Å²) < 4.78 is 41.0. The third-order valence-electron chi connectivity index (χ3n) is 5.85. The van der Waals surface area contributed by atoms with Crippen LogP contribution in [0.25, 0.3) is 0 Å². The molecular weight excluding hydrogens is 391 g/mol. The number of sulfonamides is 1. The summed E-state index contributed by atoms with van der Waals surface area (Å²) in [5.41, 5.74) is 1.37. The second-order valence-corrected chi connectivity index (χ2v) is 9.89. The third kappa shape index (κ3) is 6.12. The second kappa shape index (κ2) is 10.3. The lowest BCUT2D eigenvalue weighted by Gasteiger charge is -2.33. The van der Waals surface area contributed by atoms with Crippen molar-refractivity contribution in [3.05, 3.63) is 41.7 Å². The molecule has 29 heavy (non-hydrogen) atoms. The van der Waals surface area contributed by atoms with Crippen molar-refractivity contribution in [3.8, 4) is 0 Å². The molecule has 2 aliphatic rings. The quantitative estimate of drug-likeness (QED) is 0.640. The van der Waals surface area contributed by atoms with Gasteiger partial charge in [-0.2, -0.15) is 4.31 Å². The summed E-state index contributed by atoms with van der Waals surface area (Å²) in [5, 5.41) is 2.89. The summed E-state index contributed by atoms with van der Waals surface area (Å²) in [6.07, 6.45) is 12.2. The molecule has 0 unspecified atom stereocenters. The SMILES string of the molecule is O=C(CN(C1CCCCC1)S(=O)(=O)c1ccc(F)cc1)NCCC1=CCCCC1. The molecule has 0 saturated heterocycles. The van der Waals surface area contributed by atoms with E-state index < -0.39 is 15.8 Å². The lowest BCUT2D eigenvalue weighted by molar-refractivity contribution is -0.121. The smallest absolute Gasteiger partial charge is 0.243 e. The molecule has 1 aromatic rings. The van der Waals surface area contributed by atoms with E-state index in [2.05, 4.69) is 11.4 Å². The summed E-state index contributed by atoms with van der Waals surface area (Å²) in [7, 11) is -3.86. The lowest BCUT2D eigenvalue weighted by atomic mass is 9.95. The predicted molar refractivity (Wildman–Crippen MR) is 111 cm³/mol. The average molecular weight is 423 g/mol. The fraction of sp³-hybridized carbons (Fsp3) is 0.591. The lowest BCUT2D eigenvalue weighted by Crippen LogP contribution is -2.47. The highest BCUT2D eigenvalue weighted by Crippen LogP contribution is 2.28. The van der Waals surface area contributed by atoms with Crippen molar-refractivity contribution in [1.29, 1.82) is 0 Å². The Morgan fingerprint density at radius 1 is 1.07 bits per heavy atom. The Labute approximate surface area is 173 Å². The van der Waals surface area contributed by atoms with Crippen LogP contribution in [0.4, 0.5) is 4.39 Å². The number of nitrogens with zero attached hydrogens (tertiary/aromatic N) is 1. The van der Waals surface area contributed by atoms with Crippen molar-refractivity contribution < 1.29 is 17.6 Å². The van der Waals surface area contributed by atoms with E-state index in [1.165, 1.54) is 34.9 Å². The molecular formula is C22H31FN2O3S. The van der Waals surface area contributed by atoms with Crippen LogP contribution in [0.3, 0.4) is 0 Å². The van der Waals surface area contributed by atoms with E-state index in [1.54, 1.807) is 0 Å². The van der Waals surface area contributed by atoms with E-state index in [0.29, 0.717) is 6.54 Å². The molecule has 5 nitrogen and oxygen atoms in total. The maximum absolute atomic E-state index is 13.3. The van der Waals surface area contributed by atoms with E-state index in [9.17, 15) is 17.6 Å². The molecule has 160 valence electrons. The molecule has 3 rings (SSSR count). The minimum Gasteiger partial charge on any atom is -0.355 e. The van der Waals surface area contributed by atoms with Crippen LogP contribution in [0.1, 0.15) is 64.2 Å². The molecule has 1 saturated carbocycles. The van der Waals surface area contributed by atoms with Gasteiger partial charge in [0.15, 0.2) is 0 Å². The Morgan fingerprint density at radius 3 is 2.45 bits per heavy atom. The fourth-order valence-electron chi connectivity index (χ4n) is 4.21. The van der Waals surface area contributed by atoms with Crippen LogP contribution in [0.2, 0.25) is 0 Å². The van der Waals surface area contributed by atoms with Crippen molar-refractivity contribution in [2.45, 2.75) is 75.1 Å². The molecule has 0 heterocycles. The third-order valence-corrected chi connectivity index (χ3v) is 7.77. The van der Waals surface area contributed by atoms with Gasteiger partial charge in [-0.1, -0.05) is 30.9 Å². The zero-order valence-electron chi connectivity index (χ0n) is 16.9. The van der Waals surface area contributed by atoms with Gasteiger partial charge in [0.25, 0.3) is 0 Å². The summed E-state index contributed by atoms with van der Waals surface area (Å²) in [4.78, 5) is 12.6. The highest BCUT2D eigenvalue weighted by atomic mass is 32.2. The fourth-order valence-corrected chi connectivity index (χ4v) is 5.85. The molecule has 0 aromatic heterocycles. The van der Waals surface area contributed by atoms with Gasteiger partial charge in [-0.3, -0.25) is 4.79 Å². The molecule has 1 amide bonds. The molecule has 0 bridgehead atoms. The number of carbonyl (C=O) groups excluding carboxylic acids is 1. The van der Waals surface area contributed by atoms with Crippen LogP contribution >= 0.6 is 0 Å². The van der Waals surface area contributed by atoms with Gasteiger partial charge in [0.2, 0.25) is 15.9 Å². The van der Waals surface area contributed by atoms with Gasteiger partial charge in [0.1, 0.15) is 5.82 Å². The van der Waals surface area contributed by atoms with Gasteiger partial charge in [-0.05, 0) is 69.2 Å². The van der Waals surface area contributed by atoms with E-state index in [4.69, 9.17) is 0 Å². The molecule has 1 aromatic carbocycles. The highest BCUT2D eigenvalue weighted by molar-refractivity contribution is 7.89. The van der Waals surface area contributed by atoms with E-state index in [-0.39, 0.29) is 23.4 Å². The standard InChI is InChI=1S/C22H31FN2O3S/c23-19-11-13-21(14-12-19)29(27,28)25(20-9-5-2-6-10-20)17-22(26)24-16-15-18-7-3-1-4-8-18/h7,11-14,20H,1-6,8-10,15-17H2,(H,24,26). The number of rotatable bonds is 8. The van der Waals surface area contributed by atoms with E-state index in [0.717, 1.165) is 63.5 Å². The summed E-state index contributed by atoms with van der Waals surface area (Å²) >= 11 is 0. The number of carbonyl (C=O) groups is 1. The Kier molecular flexibility index (Phi) is 7.84. The number of hydrogen-bond donors (Lipinski definition) is 1. The molecule has 1 N–H and O–H groups in total. The number of benzene rings is 1. The number of halogens is 1. The summed E-state index contributed by atoms with van der Waals surface area (Å²) in [6, 6.07) is 4.64. The van der Waals surface area contributed by atoms with Gasteiger partial charge < -0.3 is 5.32 Å². The summed E-state index contributed by atoms with van der Waals surface area (Å²) in [6.45, 7) is 0.337. The first-order valence-corrected chi connectivity index (χ1v) is 12.1. The Balaban J connectivity index is 1.67. The highest BCUT2D eigenvalue weighted by Gasteiger charge is 2.33. The summed E-state index contributed by atoms with van der Waals surface area (Å²) in [5.74, 6) is -0.763. The van der Waals surface area contributed by atoms with Crippen LogP contribution < -0.4 is 5.32 Å². The van der Waals surface area contributed by atoms with E-state index >= 15 is 0 Å². The van der Waals surface area contributed by atoms with Gasteiger partial charge >= 0.3 is 0 Å². The topological polar surface area (TPSA) is 66.5 Å². The van der Waals surface area contributed by atoms with Crippen LogP contribution in [-0.2, 0) is 14.8 Å². The number of nitrogens with one attached hydrogen (secondary N) is 1. The van der Waals surface area contributed by atoms with Crippen molar-refractivity contribution in [2.75, 3.05) is 13.1 Å². The monoisotopic (exact) mass is 422 g/mol. The number of allylic oxidation sites excluding steroid dienone is 1. The normalized spacial score (nSPS) is 18.5. The largest absolute Gasteiger partial charge is 0.355 e. The molecule has 0 spiro atoms. The second-order valence-electron chi connectivity index (χ2n) is 8.00. The maximum atomic E-state index is 13.3. The van der Waals surface area contributed by atoms with Gasteiger partial charge in [0.05, 0.1) is 11.4 Å². The Morgan fingerprint density at radius 2 is 1.79 bits per heavy atom. The maximum Gasteiger partial charge on any atom is 0.243 e. The minimum atomic E-state index is -3.86. The van der Waals surface area contributed by atoms with Crippen molar-refractivity contribution in [1.82, 2.24) is 9.62 Å². The molecule has 0 radical (unpaired) electrons. The van der Waals surface area contributed by atoms with Crippen molar-refractivity contribution in [3.63, 3.8) is 0 Å². The van der Waals surface area contributed by atoms with Crippen LogP contribution in [-0.4, -0.2) is 37.8 Å². The van der Waals surface area contributed by atoms with E-state index in [1.807, 2.05) is 0 Å². The molecule has 0 aliphatic heterocycles. The van der Waals surface area contributed by atoms with Crippen molar-refractivity contribution >= 4 is 15.9 Å². The first-order chi connectivity index (χ1) is 14.0. The number of amides is 1. The van der Waals surface area contributed by atoms with Crippen molar-refractivity contribution in [2.24, 2.45) is 0 Å². The predicted octanol–water partition coefficient (Wildman–Crippen LogP) is 4.16. The first kappa shape index (κ1) is 22.0. The van der Waals surface area contributed by atoms with Crippen LogP contribution in [0.5, 0.6) is 0 Å². The van der Waals surface area contributed by atoms with Gasteiger partial charge in [-0.25, -0.2) is 12.8 Å². The Hall–Kier alpha value is -1.73. The first-order valence-electron chi connectivity index (χ1n) is 10.7. The zero-order valence-corrected chi connectivity index (χ0v) is 17.7. The number of hydrogen-bond acceptors (Lipinski definition) is 3. The Bertz CT molecular complexity index is 815. The average Bonchev–Trinajstić information content (AvgIpc) is 2.73. The van der Waals surface area contributed by atoms with Crippen LogP contribution in [0, 0.1) is 5.82 Å². The molecule has 1 fully saturated rings. The van der Waals surface area contributed by atoms with Gasteiger partial charge in [-0.15, -0.1) is 0 Å². The van der Waals surface area contributed by atoms with Crippen LogP contribution in [0.15, 0.2) is 40.8 Å². The minimum absolute atomic E-state index is 0.0321. The molecule has 7 heteroatoms.